The van der Waals surface area contributed by atoms with Gasteiger partial charge in [0.25, 0.3) is 0 Å². The van der Waals surface area contributed by atoms with Gasteiger partial charge in [0.2, 0.25) is 0 Å². The molecule has 0 spiro atoms. The first-order chi connectivity index (χ1) is 9.90. The smallest absolute Gasteiger partial charge is 0.133 e. The lowest BCUT2D eigenvalue weighted by atomic mass is 10.0. The first-order valence-electron chi connectivity index (χ1n) is 7.92. The normalized spacial score (nSPS) is 24.2. The zero-order valence-corrected chi connectivity index (χ0v) is 12.4. The van der Waals surface area contributed by atoms with Crippen LogP contribution in [0, 0.1) is 0 Å². The maximum absolute atomic E-state index is 5.47. The van der Waals surface area contributed by atoms with Gasteiger partial charge >= 0.3 is 0 Å². The molecule has 2 fully saturated rings. The molecule has 20 heavy (non-hydrogen) atoms. The second-order valence-corrected chi connectivity index (χ2v) is 5.71. The molecule has 1 aromatic heterocycles. The molecule has 0 amide bonds. The van der Waals surface area contributed by atoms with Crippen LogP contribution >= 0.6 is 0 Å². The van der Waals surface area contributed by atoms with Gasteiger partial charge in [-0.15, -0.1) is 0 Å². The zero-order chi connectivity index (χ0) is 13.8. The molecule has 2 aliphatic heterocycles. The van der Waals surface area contributed by atoms with Gasteiger partial charge in [0, 0.05) is 30.9 Å². The van der Waals surface area contributed by atoms with Gasteiger partial charge in [-0.3, -0.25) is 4.90 Å². The van der Waals surface area contributed by atoms with Crippen LogP contribution in [0.4, 0.5) is 5.82 Å². The van der Waals surface area contributed by atoms with Gasteiger partial charge in [-0.2, -0.15) is 0 Å². The molecule has 4 heteroatoms. The zero-order valence-electron chi connectivity index (χ0n) is 12.4. The number of ether oxygens (including phenoxy) is 1. The van der Waals surface area contributed by atoms with E-state index in [9.17, 15) is 0 Å². The van der Waals surface area contributed by atoms with Gasteiger partial charge in [0.1, 0.15) is 5.82 Å². The van der Waals surface area contributed by atoms with Crippen LogP contribution in [-0.2, 0) is 4.74 Å². The molecule has 1 aromatic rings. The number of nitrogens with zero attached hydrogens (tertiary/aromatic N) is 3. The Morgan fingerprint density at radius 2 is 2.15 bits per heavy atom. The van der Waals surface area contributed by atoms with E-state index in [0.29, 0.717) is 6.04 Å². The average molecular weight is 275 g/mol. The van der Waals surface area contributed by atoms with Gasteiger partial charge in [0.05, 0.1) is 13.2 Å². The van der Waals surface area contributed by atoms with Crippen molar-refractivity contribution in [3.8, 4) is 0 Å². The van der Waals surface area contributed by atoms with E-state index < -0.39 is 0 Å². The summed E-state index contributed by atoms with van der Waals surface area (Å²) in [5.74, 6) is 1.18. The van der Waals surface area contributed by atoms with E-state index in [0.717, 1.165) is 26.3 Å². The topological polar surface area (TPSA) is 28.6 Å². The number of hydrogen-bond donors (Lipinski definition) is 0. The standard InChI is InChI=1S/C16H25N3O/c1-2-8-18-9-4-6-15(18)14-5-3-7-17-16(14)19-10-12-20-13-11-19/h3,5,7,15H,2,4,6,8-13H2,1H3/t15-/m0/s1. The summed E-state index contributed by atoms with van der Waals surface area (Å²) in [4.78, 5) is 9.70. The molecule has 0 unspecified atom stereocenters. The van der Waals surface area contributed by atoms with Crippen molar-refractivity contribution in [3.63, 3.8) is 0 Å². The fourth-order valence-electron chi connectivity index (χ4n) is 3.44. The Morgan fingerprint density at radius 3 is 2.95 bits per heavy atom. The van der Waals surface area contributed by atoms with Crippen LogP contribution in [0.5, 0.6) is 0 Å². The van der Waals surface area contributed by atoms with Crippen molar-refractivity contribution in [2.24, 2.45) is 0 Å². The van der Waals surface area contributed by atoms with Gasteiger partial charge in [-0.1, -0.05) is 13.0 Å². The second-order valence-electron chi connectivity index (χ2n) is 5.71. The molecule has 110 valence electrons. The van der Waals surface area contributed by atoms with Crippen LogP contribution in [-0.4, -0.2) is 49.3 Å². The summed E-state index contributed by atoms with van der Waals surface area (Å²) < 4.78 is 5.47. The van der Waals surface area contributed by atoms with Crippen LogP contribution in [0.2, 0.25) is 0 Å². The van der Waals surface area contributed by atoms with Crippen molar-refractivity contribution in [1.29, 1.82) is 0 Å². The third-order valence-electron chi connectivity index (χ3n) is 4.36. The molecule has 0 aromatic carbocycles. The van der Waals surface area contributed by atoms with Gasteiger partial charge in [0.15, 0.2) is 0 Å². The molecule has 3 heterocycles. The van der Waals surface area contributed by atoms with E-state index in [1.54, 1.807) is 0 Å². The van der Waals surface area contributed by atoms with Gasteiger partial charge in [-0.25, -0.2) is 4.98 Å². The predicted octanol–water partition coefficient (Wildman–Crippen LogP) is 2.47. The van der Waals surface area contributed by atoms with E-state index in [1.165, 1.54) is 43.7 Å². The molecule has 2 aliphatic rings. The Morgan fingerprint density at radius 1 is 1.30 bits per heavy atom. The number of aromatic nitrogens is 1. The van der Waals surface area contributed by atoms with E-state index in [-0.39, 0.29) is 0 Å². The van der Waals surface area contributed by atoms with Crippen LogP contribution in [0.25, 0.3) is 0 Å². The molecule has 0 bridgehead atoms. The van der Waals surface area contributed by atoms with Crippen LogP contribution in [0.3, 0.4) is 0 Å². The maximum atomic E-state index is 5.47. The van der Waals surface area contributed by atoms with E-state index in [2.05, 4.69) is 33.8 Å². The molecule has 3 rings (SSSR count). The van der Waals surface area contributed by atoms with Gasteiger partial charge in [-0.05, 0) is 38.4 Å². The third-order valence-corrected chi connectivity index (χ3v) is 4.36. The number of hydrogen-bond acceptors (Lipinski definition) is 4. The Balaban J connectivity index is 1.85. The monoisotopic (exact) mass is 275 g/mol. The SMILES string of the molecule is CCCN1CCC[C@H]1c1cccnc1N1CCOCC1. The molecule has 2 saturated heterocycles. The summed E-state index contributed by atoms with van der Waals surface area (Å²) in [7, 11) is 0. The summed E-state index contributed by atoms with van der Waals surface area (Å²) in [5.41, 5.74) is 1.42. The fraction of sp³-hybridized carbons (Fsp3) is 0.688. The molecule has 4 nitrogen and oxygen atoms in total. The minimum atomic E-state index is 0.557. The number of morpholine rings is 1. The largest absolute Gasteiger partial charge is 0.378 e. The van der Waals surface area contributed by atoms with Crippen LogP contribution in [0.1, 0.15) is 37.8 Å². The van der Waals surface area contributed by atoms with Crippen molar-refractivity contribution in [1.82, 2.24) is 9.88 Å². The summed E-state index contributed by atoms with van der Waals surface area (Å²) >= 11 is 0. The molecule has 0 N–H and O–H groups in total. The van der Waals surface area contributed by atoms with Crippen molar-refractivity contribution < 1.29 is 4.74 Å². The summed E-state index contributed by atoms with van der Waals surface area (Å²) in [6, 6.07) is 4.92. The Bertz CT molecular complexity index is 431. The van der Waals surface area contributed by atoms with E-state index >= 15 is 0 Å². The highest BCUT2D eigenvalue weighted by Gasteiger charge is 2.29. The van der Waals surface area contributed by atoms with Gasteiger partial charge < -0.3 is 9.64 Å². The van der Waals surface area contributed by atoms with Crippen LogP contribution in [0.15, 0.2) is 18.3 Å². The summed E-state index contributed by atoms with van der Waals surface area (Å²) in [6.07, 6.45) is 5.72. The van der Waals surface area contributed by atoms with Crippen molar-refractivity contribution in [2.75, 3.05) is 44.3 Å². The van der Waals surface area contributed by atoms with Crippen LogP contribution < -0.4 is 4.90 Å². The Labute approximate surface area is 121 Å². The molecular formula is C16H25N3O. The lowest BCUT2D eigenvalue weighted by molar-refractivity contribution is 0.122. The lowest BCUT2D eigenvalue weighted by Crippen LogP contribution is -2.38. The van der Waals surface area contributed by atoms with Crippen molar-refractivity contribution in [2.45, 2.75) is 32.2 Å². The first kappa shape index (κ1) is 13.8. The highest BCUT2D eigenvalue weighted by molar-refractivity contribution is 5.49. The lowest BCUT2D eigenvalue weighted by Gasteiger charge is -2.32. The Kier molecular flexibility index (Phi) is 4.53. The number of anilines is 1. The maximum Gasteiger partial charge on any atom is 0.133 e. The number of pyridine rings is 1. The predicted molar refractivity (Wildman–Crippen MR) is 81.1 cm³/mol. The highest BCUT2D eigenvalue weighted by atomic mass is 16.5. The molecular weight excluding hydrogens is 250 g/mol. The van der Waals surface area contributed by atoms with E-state index in [4.69, 9.17) is 4.74 Å². The summed E-state index contributed by atoms with van der Waals surface area (Å²) in [6.45, 7) is 8.26. The van der Waals surface area contributed by atoms with Crippen molar-refractivity contribution in [3.05, 3.63) is 23.9 Å². The minimum Gasteiger partial charge on any atom is -0.378 e. The third kappa shape index (κ3) is 2.81. The first-order valence-corrected chi connectivity index (χ1v) is 7.92. The molecule has 0 saturated carbocycles. The van der Waals surface area contributed by atoms with E-state index in [1.807, 2.05) is 6.20 Å². The van der Waals surface area contributed by atoms with Crippen molar-refractivity contribution >= 4 is 5.82 Å². The number of rotatable bonds is 4. The summed E-state index contributed by atoms with van der Waals surface area (Å²) in [5, 5.41) is 0. The Hall–Kier alpha value is -1.13. The molecule has 1 atom stereocenters. The highest BCUT2D eigenvalue weighted by Crippen LogP contribution is 2.36. The average Bonchev–Trinajstić information content (AvgIpc) is 2.97. The second kappa shape index (κ2) is 6.55. The number of likely N-dealkylation sites (tertiary alicyclic amines) is 1. The molecule has 0 radical (unpaired) electrons. The fourth-order valence-corrected chi connectivity index (χ4v) is 3.44. The quantitative estimate of drug-likeness (QED) is 0.844. The minimum absolute atomic E-state index is 0.557. The molecule has 0 aliphatic carbocycles.